The van der Waals surface area contributed by atoms with Crippen LogP contribution in [0, 0.1) is 5.82 Å². The first-order chi connectivity index (χ1) is 7.13. The first-order valence-electron chi connectivity index (χ1n) is 4.79. The largest absolute Gasteiger partial charge is 0.394 e. The Hall–Kier alpha value is -0.970. The number of hydrogen-bond acceptors (Lipinski definition) is 3. The lowest BCUT2D eigenvalue weighted by Gasteiger charge is -2.15. The van der Waals surface area contributed by atoms with Crippen molar-refractivity contribution < 1.29 is 19.3 Å². The first kappa shape index (κ1) is 12.1. The van der Waals surface area contributed by atoms with E-state index >= 15 is 0 Å². The van der Waals surface area contributed by atoms with Crippen molar-refractivity contribution in [1.82, 2.24) is 0 Å². The molecule has 0 saturated heterocycles. The lowest BCUT2D eigenvalue weighted by Crippen LogP contribution is -2.20. The minimum absolute atomic E-state index is 0.0645. The Labute approximate surface area is 88.1 Å². The van der Waals surface area contributed by atoms with Crippen LogP contribution in [0.5, 0.6) is 0 Å². The number of halogens is 1. The van der Waals surface area contributed by atoms with Gasteiger partial charge in [0.25, 0.3) is 0 Å². The van der Waals surface area contributed by atoms with Gasteiger partial charge in [-0.2, -0.15) is 0 Å². The molecular formula is C11H15FO3. The van der Waals surface area contributed by atoms with Crippen LogP contribution in [-0.4, -0.2) is 29.5 Å². The molecular weight excluding hydrogens is 199 g/mol. The lowest BCUT2D eigenvalue weighted by atomic mass is 10.1. The van der Waals surface area contributed by atoms with E-state index in [1.165, 1.54) is 12.1 Å². The van der Waals surface area contributed by atoms with Gasteiger partial charge in [-0.3, -0.25) is 0 Å². The highest BCUT2D eigenvalue weighted by atomic mass is 19.1. The molecule has 1 aromatic rings. The van der Waals surface area contributed by atoms with Crippen molar-refractivity contribution in [2.75, 3.05) is 13.2 Å². The van der Waals surface area contributed by atoms with Gasteiger partial charge in [0.05, 0.1) is 19.3 Å². The van der Waals surface area contributed by atoms with Crippen molar-refractivity contribution in [3.8, 4) is 0 Å². The van der Waals surface area contributed by atoms with Crippen LogP contribution in [0.25, 0.3) is 0 Å². The maximum Gasteiger partial charge on any atom is 0.123 e. The van der Waals surface area contributed by atoms with Gasteiger partial charge in [0.15, 0.2) is 0 Å². The summed E-state index contributed by atoms with van der Waals surface area (Å²) in [6.07, 6.45) is -1.10. The Morgan fingerprint density at radius 3 is 2.47 bits per heavy atom. The quantitative estimate of drug-likeness (QED) is 0.775. The number of aliphatic hydroxyl groups excluding tert-OH is 2. The van der Waals surface area contributed by atoms with Crippen molar-refractivity contribution in [3.63, 3.8) is 0 Å². The zero-order valence-corrected chi connectivity index (χ0v) is 8.56. The molecule has 2 atom stereocenters. The van der Waals surface area contributed by atoms with E-state index < -0.39 is 6.10 Å². The predicted octanol–water partition coefficient (Wildman–Crippen LogP) is 1.26. The van der Waals surface area contributed by atoms with E-state index in [-0.39, 0.29) is 25.1 Å². The molecule has 0 aromatic heterocycles. The summed E-state index contributed by atoms with van der Waals surface area (Å²) in [4.78, 5) is 0. The fourth-order valence-electron chi connectivity index (χ4n) is 1.14. The first-order valence-corrected chi connectivity index (χ1v) is 4.79. The molecule has 0 bridgehead atoms. The van der Waals surface area contributed by atoms with E-state index in [1.54, 1.807) is 19.1 Å². The number of ether oxygens (including phenoxy) is 1. The standard InChI is InChI=1S/C11H15FO3/c1-8(15-7-11(14)6-13)9-2-4-10(12)5-3-9/h2-5,8,11,13-14H,6-7H2,1H3/t8-,11-/m0/s1. The van der Waals surface area contributed by atoms with Gasteiger partial charge in [0.1, 0.15) is 11.9 Å². The zero-order chi connectivity index (χ0) is 11.3. The second-order valence-electron chi connectivity index (χ2n) is 3.36. The third kappa shape index (κ3) is 3.95. The average molecular weight is 214 g/mol. The summed E-state index contributed by atoms with van der Waals surface area (Å²) in [5.74, 6) is -0.290. The Morgan fingerprint density at radius 2 is 1.93 bits per heavy atom. The lowest BCUT2D eigenvalue weighted by molar-refractivity contribution is -0.0235. The maximum atomic E-state index is 12.6. The summed E-state index contributed by atoms with van der Waals surface area (Å²) in [5, 5.41) is 17.6. The molecule has 0 aliphatic heterocycles. The van der Waals surface area contributed by atoms with Crippen molar-refractivity contribution in [1.29, 1.82) is 0 Å². The number of hydrogen-bond donors (Lipinski definition) is 2. The number of rotatable bonds is 5. The molecule has 0 heterocycles. The summed E-state index contributed by atoms with van der Waals surface area (Å²) in [6.45, 7) is 1.54. The highest BCUT2D eigenvalue weighted by molar-refractivity contribution is 5.18. The van der Waals surface area contributed by atoms with E-state index in [1.807, 2.05) is 0 Å². The van der Waals surface area contributed by atoms with Gasteiger partial charge in [-0.15, -0.1) is 0 Å². The average Bonchev–Trinajstić information content (AvgIpc) is 2.26. The molecule has 3 nitrogen and oxygen atoms in total. The van der Waals surface area contributed by atoms with Crippen molar-refractivity contribution in [3.05, 3.63) is 35.6 Å². The van der Waals surface area contributed by atoms with Gasteiger partial charge < -0.3 is 14.9 Å². The van der Waals surface area contributed by atoms with Crippen LogP contribution in [0.3, 0.4) is 0 Å². The van der Waals surface area contributed by atoms with Crippen LogP contribution in [0.2, 0.25) is 0 Å². The van der Waals surface area contributed by atoms with E-state index in [4.69, 9.17) is 14.9 Å². The molecule has 1 rings (SSSR count). The van der Waals surface area contributed by atoms with Crippen molar-refractivity contribution in [2.24, 2.45) is 0 Å². The molecule has 0 unspecified atom stereocenters. The molecule has 2 N–H and O–H groups in total. The van der Waals surface area contributed by atoms with Crippen LogP contribution in [-0.2, 0) is 4.74 Å². The molecule has 0 spiro atoms. The fourth-order valence-corrected chi connectivity index (χ4v) is 1.14. The third-order valence-corrected chi connectivity index (χ3v) is 2.09. The molecule has 0 aliphatic carbocycles. The SMILES string of the molecule is C[C@H](OC[C@@H](O)CO)c1ccc(F)cc1. The zero-order valence-electron chi connectivity index (χ0n) is 8.56. The predicted molar refractivity (Wildman–Crippen MR) is 53.9 cm³/mol. The van der Waals surface area contributed by atoms with Gasteiger partial charge >= 0.3 is 0 Å². The van der Waals surface area contributed by atoms with Gasteiger partial charge in [0.2, 0.25) is 0 Å². The summed E-state index contributed by atoms with van der Waals surface area (Å²) in [7, 11) is 0. The topological polar surface area (TPSA) is 49.7 Å². The normalized spacial score (nSPS) is 14.9. The second kappa shape index (κ2) is 5.80. The van der Waals surface area contributed by atoms with E-state index in [0.717, 1.165) is 5.56 Å². The Kier molecular flexibility index (Phi) is 4.68. The summed E-state index contributed by atoms with van der Waals surface area (Å²) in [5.41, 5.74) is 0.835. The second-order valence-corrected chi connectivity index (χ2v) is 3.36. The minimum atomic E-state index is -0.868. The van der Waals surface area contributed by atoms with E-state index in [9.17, 15) is 4.39 Å². The summed E-state index contributed by atoms with van der Waals surface area (Å²) < 4.78 is 17.9. The van der Waals surface area contributed by atoms with Gasteiger partial charge in [-0.05, 0) is 24.6 Å². The van der Waals surface area contributed by atoms with E-state index in [0.29, 0.717) is 0 Å². The fraction of sp³-hybridized carbons (Fsp3) is 0.455. The van der Waals surface area contributed by atoms with E-state index in [2.05, 4.69) is 0 Å². The number of aliphatic hydroxyl groups is 2. The molecule has 0 amide bonds. The molecule has 0 fully saturated rings. The van der Waals surface area contributed by atoms with Crippen LogP contribution < -0.4 is 0 Å². The molecule has 0 saturated carbocycles. The van der Waals surface area contributed by atoms with Gasteiger partial charge in [-0.1, -0.05) is 12.1 Å². The van der Waals surface area contributed by atoms with Crippen molar-refractivity contribution >= 4 is 0 Å². The third-order valence-electron chi connectivity index (χ3n) is 2.09. The smallest absolute Gasteiger partial charge is 0.123 e. The highest BCUT2D eigenvalue weighted by Gasteiger charge is 2.08. The Bertz CT molecular complexity index is 286. The highest BCUT2D eigenvalue weighted by Crippen LogP contribution is 2.16. The van der Waals surface area contributed by atoms with Crippen LogP contribution in [0.4, 0.5) is 4.39 Å². The molecule has 0 radical (unpaired) electrons. The van der Waals surface area contributed by atoms with Crippen LogP contribution in [0.15, 0.2) is 24.3 Å². The molecule has 15 heavy (non-hydrogen) atoms. The maximum absolute atomic E-state index is 12.6. The van der Waals surface area contributed by atoms with Gasteiger partial charge in [0, 0.05) is 0 Å². The monoisotopic (exact) mass is 214 g/mol. The van der Waals surface area contributed by atoms with Gasteiger partial charge in [-0.25, -0.2) is 4.39 Å². The van der Waals surface area contributed by atoms with Crippen molar-refractivity contribution in [2.45, 2.75) is 19.1 Å². The molecule has 4 heteroatoms. The Morgan fingerprint density at radius 1 is 1.33 bits per heavy atom. The summed E-state index contributed by atoms with van der Waals surface area (Å²) >= 11 is 0. The van der Waals surface area contributed by atoms with Crippen LogP contribution >= 0.6 is 0 Å². The number of benzene rings is 1. The summed E-state index contributed by atoms with van der Waals surface area (Å²) in [6, 6.07) is 5.98. The Balaban J connectivity index is 2.46. The van der Waals surface area contributed by atoms with Crippen LogP contribution in [0.1, 0.15) is 18.6 Å². The molecule has 1 aromatic carbocycles. The minimum Gasteiger partial charge on any atom is -0.394 e. The molecule has 84 valence electrons. The molecule has 0 aliphatic rings.